The minimum absolute atomic E-state index is 0.0190. The predicted molar refractivity (Wildman–Crippen MR) is 164 cm³/mol. The summed E-state index contributed by atoms with van der Waals surface area (Å²) in [6.07, 6.45) is 5.30. The van der Waals surface area contributed by atoms with Gasteiger partial charge in [0.05, 0.1) is 25.3 Å². The Kier molecular flexibility index (Phi) is 9.73. The van der Waals surface area contributed by atoms with E-state index in [0.717, 1.165) is 42.2 Å². The van der Waals surface area contributed by atoms with Crippen LogP contribution in [0.5, 0.6) is 0 Å². The predicted octanol–water partition coefficient (Wildman–Crippen LogP) is 5.37. The molecule has 0 radical (unpaired) electrons. The Morgan fingerprint density at radius 3 is 2.42 bits per heavy atom. The van der Waals surface area contributed by atoms with Gasteiger partial charge in [-0.1, -0.05) is 19.9 Å². The van der Waals surface area contributed by atoms with E-state index >= 15 is 0 Å². The first kappa shape index (κ1) is 32.4. The second kappa shape index (κ2) is 13.5. The summed E-state index contributed by atoms with van der Waals surface area (Å²) in [5, 5.41) is 6.00. The van der Waals surface area contributed by atoms with E-state index in [4.69, 9.17) is 4.74 Å². The summed E-state index contributed by atoms with van der Waals surface area (Å²) in [6.45, 7) is 4.11. The molecule has 45 heavy (non-hydrogen) atoms. The van der Waals surface area contributed by atoms with Crippen LogP contribution in [0.1, 0.15) is 83.5 Å². The van der Waals surface area contributed by atoms with Crippen molar-refractivity contribution in [3.8, 4) is 11.1 Å². The average molecular weight is 626 g/mol. The quantitative estimate of drug-likeness (QED) is 0.278. The van der Waals surface area contributed by atoms with Crippen molar-refractivity contribution in [3.63, 3.8) is 0 Å². The van der Waals surface area contributed by atoms with Gasteiger partial charge < -0.3 is 24.8 Å². The highest BCUT2D eigenvalue weighted by Crippen LogP contribution is 2.42. The number of aromatic nitrogens is 2. The second-order valence-corrected chi connectivity index (χ2v) is 11.5. The summed E-state index contributed by atoms with van der Waals surface area (Å²) >= 11 is 0. The monoisotopic (exact) mass is 625 g/mol. The van der Waals surface area contributed by atoms with Crippen LogP contribution in [0.15, 0.2) is 47.4 Å². The van der Waals surface area contributed by atoms with Crippen LogP contribution in [0, 0.1) is 5.82 Å². The Labute approximate surface area is 259 Å². The van der Waals surface area contributed by atoms with E-state index in [-0.39, 0.29) is 28.9 Å². The van der Waals surface area contributed by atoms with Crippen LogP contribution in [0.25, 0.3) is 11.1 Å². The molecule has 12 heteroatoms. The Morgan fingerprint density at radius 2 is 1.78 bits per heavy atom. The van der Waals surface area contributed by atoms with Gasteiger partial charge in [0, 0.05) is 44.0 Å². The van der Waals surface area contributed by atoms with Crippen molar-refractivity contribution in [2.24, 2.45) is 0 Å². The van der Waals surface area contributed by atoms with E-state index in [9.17, 15) is 27.6 Å². The normalized spacial score (nSPS) is 16.8. The van der Waals surface area contributed by atoms with Crippen molar-refractivity contribution >= 4 is 17.6 Å². The topological polar surface area (TPSA) is 106 Å². The zero-order valence-corrected chi connectivity index (χ0v) is 25.7. The molecule has 9 nitrogen and oxygen atoms in total. The summed E-state index contributed by atoms with van der Waals surface area (Å²) < 4.78 is 47.9. The van der Waals surface area contributed by atoms with Gasteiger partial charge in [0.25, 0.3) is 23.3 Å². The van der Waals surface area contributed by atoms with E-state index in [1.54, 1.807) is 36.1 Å². The lowest BCUT2D eigenvalue weighted by Gasteiger charge is -2.39. The number of likely N-dealkylation sites (tertiary alicyclic amines) is 1. The Hall–Kier alpha value is -4.03. The van der Waals surface area contributed by atoms with Crippen molar-refractivity contribution in [2.45, 2.75) is 64.0 Å². The first-order valence-electron chi connectivity index (χ1n) is 15.4. The van der Waals surface area contributed by atoms with Gasteiger partial charge in [-0.15, -0.1) is 0 Å². The molecular weight excluding hydrogens is 587 g/mol. The maximum atomic E-state index is 14.3. The highest BCUT2D eigenvalue weighted by atomic mass is 19.3. The number of amides is 2. The number of hydrogen-bond donors (Lipinski definition) is 2. The minimum Gasteiger partial charge on any atom is -0.383 e. The van der Waals surface area contributed by atoms with Crippen molar-refractivity contribution in [1.82, 2.24) is 19.8 Å². The minimum atomic E-state index is -2.97. The van der Waals surface area contributed by atoms with Gasteiger partial charge in [-0.3, -0.25) is 14.4 Å². The van der Waals surface area contributed by atoms with Crippen LogP contribution in [0.4, 0.5) is 19.0 Å². The van der Waals surface area contributed by atoms with E-state index in [0.29, 0.717) is 36.5 Å². The molecule has 2 saturated carbocycles. The number of halogens is 3. The molecule has 0 spiro atoms. The number of nitrogens with zero attached hydrogens (tertiary/aromatic N) is 3. The van der Waals surface area contributed by atoms with Gasteiger partial charge in [0.15, 0.2) is 0 Å². The summed E-state index contributed by atoms with van der Waals surface area (Å²) in [7, 11) is 1.61. The van der Waals surface area contributed by atoms with Crippen molar-refractivity contribution in [2.75, 3.05) is 38.7 Å². The maximum Gasteiger partial charge on any atom is 0.282 e. The molecule has 1 aliphatic heterocycles. The molecule has 2 aromatic heterocycles. The molecule has 2 amide bonds. The van der Waals surface area contributed by atoms with E-state index in [1.807, 2.05) is 13.8 Å². The van der Waals surface area contributed by atoms with Crippen LogP contribution in [0.2, 0.25) is 0 Å². The zero-order chi connectivity index (χ0) is 32.3. The number of rotatable bonds is 11. The van der Waals surface area contributed by atoms with Gasteiger partial charge in [-0.05, 0) is 72.7 Å². The largest absolute Gasteiger partial charge is 0.383 e. The summed E-state index contributed by atoms with van der Waals surface area (Å²) in [5.41, 5.74) is 1.81. The number of ether oxygens (including phenoxy) is 1. The highest BCUT2D eigenvalue weighted by Gasteiger charge is 2.46. The Morgan fingerprint density at radius 1 is 1.04 bits per heavy atom. The van der Waals surface area contributed by atoms with Crippen molar-refractivity contribution in [1.29, 1.82) is 0 Å². The SMILES string of the molecule is CC.COCCNCc1cc(C(=O)Nc2cc(-c3ccc(F)cc3C(=O)N3CC(F)(F)C3)cc(C3CC3)n2)c(=O)n(C2CC2)c1. The smallest absolute Gasteiger partial charge is 0.282 e. The Balaban J connectivity index is 0.00000196. The molecule has 3 heterocycles. The number of benzene rings is 1. The lowest BCUT2D eigenvalue weighted by Crippen LogP contribution is -2.58. The lowest BCUT2D eigenvalue weighted by molar-refractivity contribution is -0.113. The van der Waals surface area contributed by atoms with Crippen LogP contribution in [0.3, 0.4) is 0 Å². The molecule has 0 unspecified atom stereocenters. The van der Waals surface area contributed by atoms with E-state index < -0.39 is 42.2 Å². The molecule has 3 aliphatic rings. The maximum absolute atomic E-state index is 14.3. The molecule has 2 aliphatic carbocycles. The summed E-state index contributed by atoms with van der Waals surface area (Å²) in [6, 6.07) is 8.60. The molecule has 3 aromatic rings. The fraction of sp³-hybridized carbons (Fsp3) is 0.455. The Bertz CT molecular complexity index is 1630. The van der Waals surface area contributed by atoms with Gasteiger partial charge in [-0.2, -0.15) is 0 Å². The van der Waals surface area contributed by atoms with Crippen molar-refractivity contribution < 1.29 is 27.5 Å². The van der Waals surface area contributed by atoms with Gasteiger partial charge in [0.1, 0.15) is 17.2 Å². The van der Waals surface area contributed by atoms with Gasteiger partial charge in [-0.25, -0.2) is 18.2 Å². The molecule has 1 aromatic carbocycles. The molecule has 1 saturated heterocycles. The third-order valence-corrected chi connectivity index (χ3v) is 7.83. The summed E-state index contributed by atoms with van der Waals surface area (Å²) in [5.74, 6) is -4.64. The number of anilines is 1. The third-order valence-electron chi connectivity index (χ3n) is 7.83. The standard InChI is InChI=1S/C31H32F3N5O4.C2H6/c1-43-9-8-35-14-18-10-25(30(42)39(15-18)22-5-6-22)28(40)37-27-12-20(11-26(36-27)19-2-3-19)23-7-4-21(32)13-24(23)29(41)38-16-31(33,34)17-38;1-2/h4,7,10-13,15,19,22,35H,2-3,5-6,8-9,14,16-17H2,1H3,(H,36,37,40);1-2H3. The number of hydrogen-bond acceptors (Lipinski definition) is 6. The van der Waals surface area contributed by atoms with Crippen molar-refractivity contribution in [3.05, 3.63) is 81.2 Å². The van der Waals surface area contributed by atoms with Gasteiger partial charge in [0.2, 0.25) is 0 Å². The molecule has 240 valence electrons. The second-order valence-electron chi connectivity index (χ2n) is 11.5. The zero-order valence-electron chi connectivity index (χ0n) is 25.7. The van der Waals surface area contributed by atoms with Crippen LogP contribution < -0.4 is 16.2 Å². The highest BCUT2D eigenvalue weighted by molar-refractivity contribution is 6.04. The van der Waals surface area contributed by atoms with Crippen LogP contribution in [-0.2, 0) is 11.3 Å². The fourth-order valence-electron chi connectivity index (χ4n) is 5.27. The number of pyridine rings is 2. The van der Waals surface area contributed by atoms with Crippen LogP contribution in [-0.4, -0.2) is 65.5 Å². The number of methoxy groups -OCH3 is 1. The molecule has 6 rings (SSSR count). The molecule has 0 atom stereocenters. The molecule has 3 fully saturated rings. The third kappa shape index (κ3) is 7.62. The first-order chi connectivity index (χ1) is 21.6. The van der Waals surface area contributed by atoms with Crippen LogP contribution >= 0.6 is 0 Å². The van der Waals surface area contributed by atoms with Gasteiger partial charge >= 0.3 is 0 Å². The molecule has 2 N–H and O–H groups in total. The number of carbonyl (C=O) groups is 2. The first-order valence-corrected chi connectivity index (χ1v) is 15.4. The lowest BCUT2D eigenvalue weighted by atomic mass is 9.96. The van der Waals surface area contributed by atoms with E-state index in [2.05, 4.69) is 15.6 Å². The number of alkyl halides is 2. The fourth-order valence-corrected chi connectivity index (χ4v) is 5.27. The summed E-state index contributed by atoms with van der Waals surface area (Å²) in [4.78, 5) is 45.5. The number of nitrogens with one attached hydrogen (secondary N) is 2. The van der Waals surface area contributed by atoms with E-state index in [1.165, 1.54) is 12.1 Å². The molecule has 0 bridgehead atoms. The number of carbonyl (C=O) groups excluding carboxylic acids is 2. The molecular formula is C33H38F3N5O4. The average Bonchev–Trinajstić information content (AvgIpc) is 3.93.